The average Bonchev–Trinajstić information content (AvgIpc) is 3.38. The van der Waals surface area contributed by atoms with Crippen molar-refractivity contribution in [1.82, 2.24) is 24.9 Å². The third kappa shape index (κ3) is 4.34. The molecule has 2 aromatic rings. The molecule has 0 saturated carbocycles. The fourth-order valence-corrected chi connectivity index (χ4v) is 4.16. The van der Waals surface area contributed by atoms with Crippen LogP contribution in [0.3, 0.4) is 0 Å². The van der Waals surface area contributed by atoms with Crippen LogP contribution in [0.2, 0.25) is 0 Å². The average molecular weight is 387 g/mol. The summed E-state index contributed by atoms with van der Waals surface area (Å²) in [5.74, 6) is 1.85. The van der Waals surface area contributed by atoms with Crippen LogP contribution in [0, 0.1) is 0 Å². The van der Waals surface area contributed by atoms with E-state index in [0.717, 1.165) is 37.5 Å². The zero-order chi connectivity index (χ0) is 19.3. The Bertz CT molecular complexity index is 760. The van der Waals surface area contributed by atoms with Gasteiger partial charge in [-0.25, -0.2) is 4.98 Å². The fraction of sp³-hybridized carbons (Fsp3) is 0.650. The summed E-state index contributed by atoms with van der Waals surface area (Å²) in [6.07, 6.45) is 6.38. The Morgan fingerprint density at radius 3 is 2.86 bits per heavy atom. The predicted molar refractivity (Wildman–Crippen MR) is 104 cm³/mol. The highest BCUT2D eigenvalue weighted by Gasteiger charge is 2.36. The summed E-state index contributed by atoms with van der Waals surface area (Å²) in [6, 6.07) is 4.56. The first-order valence-electron chi connectivity index (χ1n) is 10.1. The monoisotopic (exact) mass is 387 g/mol. The molecule has 0 aromatic carbocycles. The first kappa shape index (κ1) is 19.3. The van der Waals surface area contributed by atoms with Crippen molar-refractivity contribution in [3.63, 3.8) is 0 Å². The van der Waals surface area contributed by atoms with Crippen LogP contribution in [0.25, 0.3) is 11.4 Å². The van der Waals surface area contributed by atoms with Crippen molar-refractivity contribution in [3.05, 3.63) is 24.2 Å². The molecule has 2 fully saturated rings. The minimum absolute atomic E-state index is 0.230. The number of ether oxygens (including phenoxy) is 2. The van der Waals surface area contributed by atoms with E-state index in [0.29, 0.717) is 31.0 Å². The van der Waals surface area contributed by atoms with Gasteiger partial charge in [-0.15, -0.1) is 0 Å². The van der Waals surface area contributed by atoms with Gasteiger partial charge in [0.25, 0.3) is 0 Å². The fourth-order valence-electron chi connectivity index (χ4n) is 4.16. The van der Waals surface area contributed by atoms with Gasteiger partial charge >= 0.3 is 0 Å². The highest BCUT2D eigenvalue weighted by atomic mass is 16.5. The van der Waals surface area contributed by atoms with E-state index in [2.05, 4.69) is 27.0 Å². The number of methoxy groups -OCH3 is 1. The lowest BCUT2D eigenvalue weighted by atomic mass is 10.0. The van der Waals surface area contributed by atoms with Gasteiger partial charge in [-0.05, 0) is 58.4 Å². The number of piperidine rings is 1. The van der Waals surface area contributed by atoms with E-state index in [1.165, 1.54) is 19.3 Å². The topological polar surface area (TPSA) is 76.8 Å². The van der Waals surface area contributed by atoms with Crippen LogP contribution in [0.4, 0.5) is 0 Å². The van der Waals surface area contributed by atoms with Crippen molar-refractivity contribution in [1.29, 1.82) is 0 Å². The van der Waals surface area contributed by atoms with Gasteiger partial charge in [-0.1, -0.05) is 5.16 Å². The van der Waals surface area contributed by atoms with Gasteiger partial charge in [0.05, 0.1) is 12.6 Å². The molecule has 2 saturated heterocycles. The highest BCUT2D eigenvalue weighted by Crippen LogP contribution is 2.36. The van der Waals surface area contributed by atoms with Crippen molar-refractivity contribution < 1.29 is 14.0 Å². The van der Waals surface area contributed by atoms with Gasteiger partial charge in [0, 0.05) is 31.0 Å². The van der Waals surface area contributed by atoms with Gasteiger partial charge in [-0.3, -0.25) is 4.90 Å². The summed E-state index contributed by atoms with van der Waals surface area (Å²) in [6.45, 7) is 4.41. The largest absolute Gasteiger partial charge is 0.475 e. The Morgan fingerprint density at radius 1 is 1.18 bits per heavy atom. The SMILES string of the molecule is COCCOc1cc(-c2noc([C@@H]3CCCN3C3CCN(C)CC3)n2)ccn1. The lowest BCUT2D eigenvalue weighted by Crippen LogP contribution is -2.43. The number of hydrogen-bond donors (Lipinski definition) is 0. The van der Waals surface area contributed by atoms with Crippen molar-refractivity contribution in [2.75, 3.05) is 47.0 Å². The lowest BCUT2D eigenvalue weighted by molar-refractivity contribution is 0.0958. The second-order valence-corrected chi connectivity index (χ2v) is 7.61. The van der Waals surface area contributed by atoms with E-state index >= 15 is 0 Å². The molecule has 2 aliphatic rings. The first-order chi connectivity index (χ1) is 13.7. The van der Waals surface area contributed by atoms with Crippen LogP contribution in [0.5, 0.6) is 5.88 Å². The molecule has 28 heavy (non-hydrogen) atoms. The van der Waals surface area contributed by atoms with Gasteiger partial charge in [0.15, 0.2) is 0 Å². The molecular formula is C20H29N5O3. The Balaban J connectivity index is 1.46. The van der Waals surface area contributed by atoms with Gasteiger partial charge in [0.1, 0.15) is 6.61 Å². The van der Waals surface area contributed by atoms with Crippen molar-refractivity contribution in [2.24, 2.45) is 0 Å². The third-order valence-corrected chi connectivity index (χ3v) is 5.71. The molecule has 4 rings (SSSR count). The van der Waals surface area contributed by atoms with E-state index < -0.39 is 0 Å². The Kier molecular flexibility index (Phi) is 6.19. The number of nitrogens with zero attached hydrogens (tertiary/aromatic N) is 5. The first-order valence-corrected chi connectivity index (χ1v) is 10.1. The van der Waals surface area contributed by atoms with E-state index in [9.17, 15) is 0 Å². The molecule has 1 atom stereocenters. The Hall–Kier alpha value is -2.03. The predicted octanol–water partition coefficient (Wildman–Crippen LogP) is 2.39. The normalized spacial score (nSPS) is 22.0. The maximum absolute atomic E-state index is 5.69. The van der Waals surface area contributed by atoms with Gasteiger partial charge in [0.2, 0.25) is 17.6 Å². The number of likely N-dealkylation sites (tertiary alicyclic amines) is 2. The van der Waals surface area contributed by atoms with Gasteiger partial charge in [-0.2, -0.15) is 4.98 Å². The molecule has 0 bridgehead atoms. The molecule has 0 radical (unpaired) electrons. The minimum atomic E-state index is 0.230. The second kappa shape index (κ2) is 8.98. The summed E-state index contributed by atoms with van der Waals surface area (Å²) >= 11 is 0. The zero-order valence-corrected chi connectivity index (χ0v) is 16.7. The lowest BCUT2D eigenvalue weighted by Gasteiger charge is -2.37. The van der Waals surface area contributed by atoms with Crippen LogP contribution in [0.1, 0.15) is 37.6 Å². The highest BCUT2D eigenvalue weighted by molar-refractivity contribution is 5.55. The summed E-state index contributed by atoms with van der Waals surface area (Å²) < 4.78 is 16.3. The zero-order valence-electron chi connectivity index (χ0n) is 16.7. The molecule has 8 nitrogen and oxygen atoms in total. The van der Waals surface area contributed by atoms with E-state index in [1.54, 1.807) is 13.3 Å². The number of hydrogen-bond acceptors (Lipinski definition) is 8. The summed E-state index contributed by atoms with van der Waals surface area (Å²) in [7, 11) is 3.84. The van der Waals surface area contributed by atoms with Crippen molar-refractivity contribution >= 4 is 0 Å². The number of rotatable bonds is 7. The Labute approximate surface area is 165 Å². The van der Waals surface area contributed by atoms with Crippen LogP contribution in [-0.4, -0.2) is 78.0 Å². The molecule has 2 aromatic heterocycles. The Morgan fingerprint density at radius 2 is 2.04 bits per heavy atom. The molecule has 0 aliphatic carbocycles. The smallest absolute Gasteiger partial charge is 0.244 e. The van der Waals surface area contributed by atoms with Crippen molar-refractivity contribution in [2.45, 2.75) is 37.8 Å². The standard InChI is InChI=1S/C20H29N5O3/c1-24-10-6-16(7-11-24)25-9-3-4-17(25)20-22-19(23-28-20)15-5-8-21-18(14-15)27-13-12-26-2/h5,8,14,16-17H,3-4,6-7,9-13H2,1-2H3/t17-/m0/s1. The quantitative estimate of drug-likeness (QED) is 0.670. The molecule has 4 heterocycles. The summed E-state index contributed by atoms with van der Waals surface area (Å²) in [5, 5.41) is 4.23. The molecule has 0 amide bonds. The number of pyridine rings is 1. The van der Waals surface area contributed by atoms with Crippen molar-refractivity contribution in [3.8, 4) is 17.3 Å². The van der Waals surface area contributed by atoms with E-state index in [4.69, 9.17) is 19.0 Å². The molecule has 0 spiro atoms. The minimum Gasteiger partial charge on any atom is -0.475 e. The maximum atomic E-state index is 5.69. The maximum Gasteiger partial charge on any atom is 0.244 e. The number of aromatic nitrogens is 3. The van der Waals surface area contributed by atoms with E-state index in [-0.39, 0.29) is 6.04 Å². The van der Waals surface area contributed by atoms with Crippen LogP contribution >= 0.6 is 0 Å². The van der Waals surface area contributed by atoms with Gasteiger partial charge < -0.3 is 18.9 Å². The second-order valence-electron chi connectivity index (χ2n) is 7.61. The summed E-state index contributed by atoms with van der Waals surface area (Å²) in [4.78, 5) is 13.9. The molecule has 0 unspecified atom stereocenters. The van der Waals surface area contributed by atoms with Crippen LogP contribution in [0.15, 0.2) is 22.9 Å². The van der Waals surface area contributed by atoms with Crippen LogP contribution in [-0.2, 0) is 4.74 Å². The molecule has 0 N–H and O–H groups in total. The third-order valence-electron chi connectivity index (χ3n) is 5.71. The molecule has 8 heteroatoms. The summed E-state index contributed by atoms with van der Waals surface area (Å²) in [5.41, 5.74) is 0.848. The molecule has 2 aliphatic heterocycles. The molecular weight excluding hydrogens is 358 g/mol. The molecule has 152 valence electrons. The van der Waals surface area contributed by atoms with E-state index in [1.807, 2.05) is 12.1 Å². The van der Waals surface area contributed by atoms with Crippen LogP contribution < -0.4 is 4.74 Å².